The van der Waals surface area contributed by atoms with Crippen LogP contribution in [0, 0.1) is 0 Å². The predicted octanol–water partition coefficient (Wildman–Crippen LogP) is 3.07. The summed E-state index contributed by atoms with van der Waals surface area (Å²) in [5.74, 6) is -1.33. The summed E-state index contributed by atoms with van der Waals surface area (Å²) in [6, 6.07) is 2.91. The standard InChI is InChI=1S/C14H8F3N5O2S/c15-14(16,17)10-7(6-9-8(20-10)2-5-25-9)11(23)21-13(24)22-12-18-3-1-4-19-12/h1-6H,(H2,18,19,21,22,23,24). The topological polar surface area (TPSA) is 96.9 Å². The van der Waals surface area contributed by atoms with Gasteiger partial charge >= 0.3 is 12.2 Å². The lowest BCUT2D eigenvalue weighted by Gasteiger charge is -2.12. The summed E-state index contributed by atoms with van der Waals surface area (Å²) in [4.78, 5) is 34.8. The van der Waals surface area contributed by atoms with E-state index in [0.717, 1.165) is 17.4 Å². The van der Waals surface area contributed by atoms with Crippen LogP contribution in [0.3, 0.4) is 0 Å². The Balaban J connectivity index is 1.87. The number of aromatic nitrogens is 3. The van der Waals surface area contributed by atoms with Crippen LogP contribution >= 0.6 is 11.3 Å². The Hall–Kier alpha value is -3.08. The SMILES string of the molecule is O=C(NC(=O)c1cc2sccc2nc1C(F)(F)F)Nc1ncccn1. The summed E-state index contributed by atoms with van der Waals surface area (Å²) in [5, 5.41) is 5.51. The van der Waals surface area contributed by atoms with Crippen LogP contribution in [0.5, 0.6) is 0 Å². The van der Waals surface area contributed by atoms with Crippen LogP contribution in [0.25, 0.3) is 10.2 Å². The van der Waals surface area contributed by atoms with Gasteiger partial charge in [0.1, 0.15) is 0 Å². The predicted molar refractivity (Wildman–Crippen MR) is 83.1 cm³/mol. The van der Waals surface area contributed by atoms with Gasteiger partial charge in [0.2, 0.25) is 5.95 Å². The van der Waals surface area contributed by atoms with E-state index in [1.165, 1.54) is 24.5 Å². The Morgan fingerprint density at radius 2 is 1.88 bits per heavy atom. The number of rotatable bonds is 2. The minimum atomic E-state index is -4.85. The molecule has 0 bridgehead atoms. The number of thiophene rings is 1. The third-order valence-corrected chi connectivity index (χ3v) is 3.82. The van der Waals surface area contributed by atoms with Gasteiger partial charge in [-0.15, -0.1) is 11.3 Å². The van der Waals surface area contributed by atoms with Gasteiger partial charge in [0.25, 0.3) is 5.91 Å². The highest BCUT2D eigenvalue weighted by molar-refractivity contribution is 7.17. The van der Waals surface area contributed by atoms with E-state index in [9.17, 15) is 22.8 Å². The first-order valence-electron chi connectivity index (χ1n) is 6.69. The molecule has 3 amide bonds. The zero-order valence-corrected chi connectivity index (χ0v) is 13.0. The van der Waals surface area contributed by atoms with Gasteiger partial charge in [-0.2, -0.15) is 13.2 Å². The van der Waals surface area contributed by atoms with E-state index >= 15 is 0 Å². The van der Waals surface area contributed by atoms with Crippen molar-refractivity contribution < 1.29 is 22.8 Å². The molecule has 0 atom stereocenters. The van der Waals surface area contributed by atoms with Gasteiger partial charge in [0.15, 0.2) is 5.69 Å². The van der Waals surface area contributed by atoms with Gasteiger partial charge in [0, 0.05) is 12.4 Å². The van der Waals surface area contributed by atoms with Gasteiger partial charge < -0.3 is 0 Å². The van der Waals surface area contributed by atoms with Crippen LogP contribution in [0.1, 0.15) is 16.1 Å². The van der Waals surface area contributed by atoms with E-state index in [4.69, 9.17) is 0 Å². The molecule has 0 aliphatic carbocycles. The number of fused-ring (bicyclic) bond motifs is 1. The Labute approximate surface area is 141 Å². The molecule has 0 aliphatic heterocycles. The van der Waals surface area contributed by atoms with Crippen molar-refractivity contribution >= 4 is 39.4 Å². The zero-order valence-electron chi connectivity index (χ0n) is 12.2. The fourth-order valence-electron chi connectivity index (χ4n) is 1.95. The van der Waals surface area contributed by atoms with Gasteiger partial charge in [-0.25, -0.2) is 19.7 Å². The van der Waals surface area contributed by atoms with Crippen LogP contribution in [-0.2, 0) is 6.18 Å². The van der Waals surface area contributed by atoms with E-state index in [1.807, 2.05) is 5.32 Å². The Kier molecular flexibility index (Phi) is 4.31. The van der Waals surface area contributed by atoms with Gasteiger partial charge in [-0.3, -0.25) is 15.4 Å². The van der Waals surface area contributed by atoms with Crippen molar-refractivity contribution in [2.45, 2.75) is 6.18 Å². The number of carbonyl (C=O) groups is 2. The monoisotopic (exact) mass is 367 g/mol. The van der Waals surface area contributed by atoms with Crippen molar-refractivity contribution in [3.63, 3.8) is 0 Å². The van der Waals surface area contributed by atoms with Crippen molar-refractivity contribution in [2.75, 3.05) is 5.32 Å². The second kappa shape index (κ2) is 6.43. The molecule has 25 heavy (non-hydrogen) atoms. The molecular formula is C14H8F3N5O2S. The lowest BCUT2D eigenvalue weighted by atomic mass is 10.1. The van der Waals surface area contributed by atoms with Crippen molar-refractivity contribution in [3.05, 3.63) is 47.2 Å². The highest BCUT2D eigenvalue weighted by Crippen LogP contribution is 2.33. The first-order chi connectivity index (χ1) is 11.8. The molecule has 0 saturated carbocycles. The molecule has 0 fully saturated rings. The first-order valence-corrected chi connectivity index (χ1v) is 7.57. The van der Waals surface area contributed by atoms with Crippen molar-refractivity contribution in [3.8, 4) is 0 Å². The number of halogens is 3. The largest absolute Gasteiger partial charge is 0.434 e. The average molecular weight is 367 g/mol. The molecule has 0 radical (unpaired) electrons. The number of hydrogen-bond acceptors (Lipinski definition) is 6. The second-order valence-corrected chi connectivity index (χ2v) is 5.61. The lowest BCUT2D eigenvalue weighted by Crippen LogP contribution is -2.36. The fourth-order valence-corrected chi connectivity index (χ4v) is 2.71. The van der Waals surface area contributed by atoms with Crippen LogP contribution in [-0.4, -0.2) is 26.9 Å². The van der Waals surface area contributed by atoms with Crippen molar-refractivity contribution in [1.82, 2.24) is 20.3 Å². The third-order valence-electron chi connectivity index (χ3n) is 2.97. The second-order valence-electron chi connectivity index (χ2n) is 4.67. The summed E-state index contributed by atoms with van der Waals surface area (Å²) in [5.41, 5.74) is -1.98. The fraction of sp³-hybridized carbons (Fsp3) is 0.0714. The molecule has 0 aliphatic rings. The van der Waals surface area contributed by atoms with E-state index in [1.54, 1.807) is 5.38 Å². The van der Waals surface area contributed by atoms with E-state index in [0.29, 0.717) is 4.70 Å². The number of amides is 3. The number of nitrogens with zero attached hydrogens (tertiary/aromatic N) is 3. The Morgan fingerprint density at radius 1 is 1.16 bits per heavy atom. The minimum absolute atomic E-state index is 0.101. The number of urea groups is 1. The van der Waals surface area contributed by atoms with E-state index < -0.39 is 29.4 Å². The number of alkyl halides is 3. The Bertz CT molecular complexity index is 943. The molecule has 0 saturated heterocycles. The van der Waals surface area contributed by atoms with Crippen LogP contribution in [0.2, 0.25) is 0 Å². The molecule has 0 spiro atoms. The number of carbonyl (C=O) groups excluding carboxylic acids is 2. The van der Waals surface area contributed by atoms with Crippen LogP contribution < -0.4 is 10.6 Å². The average Bonchev–Trinajstić information content (AvgIpc) is 3.01. The normalized spacial score (nSPS) is 11.3. The number of anilines is 1. The molecule has 0 aromatic carbocycles. The highest BCUT2D eigenvalue weighted by Gasteiger charge is 2.38. The molecule has 3 aromatic heterocycles. The maximum absolute atomic E-state index is 13.2. The molecule has 7 nitrogen and oxygen atoms in total. The zero-order chi connectivity index (χ0) is 18.0. The number of imide groups is 1. The van der Waals surface area contributed by atoms with Crippen LogP contribution in [0.4, 0.5) is 23.9 Å². The number of hydrogen-bond donors (Lipinski definition) is 2. The first kappa shape index (κ1) is 16.8. The lowest BCUT2D eigenvalue weighted by molar-refractivity contribution is -0.141. The number of nitrogens with one attached hydrogen (secondary N) is 2. The summed E-state index contributed by atoms with van der Waals surface area (Å²) in [6.45, 7) is 0. The molecule has 3 rings (SSSR count). The molecule has 0 unspecified atom stereocenters. The number of pyridine rings is 1. The molecule has 128 valence electrons. The quantitative estimate of drug-likeness (QED) is 0.726. The van der Waals surface area contributed by atoms with Crippen LogP contribution in [0.15, 0.2) is 36.0 Å². The minimum Gasteiger partial charge on any atom is -0.276 e. The third kappa shape index (κ3) is 3.71. The summed E-state index contributed by atoms with van der Waals surface area (Å²) in [6.07, 6.45) is -2.15. The Morgan fingerprint density at radius 3 is 2.56 bits per heavy atom. The molecule has 3 heterocycles. The summed E-state index contributed by atoms with van der Waals surface area (Å²) < 4.78 is 39.9. The highest BCUT2D eigenvalue weighted by atomic mass is 32.1. The van der Waals surface area contributed by atoms with Crippen molar-refractivity contribution in [1.29, 1.82) is 0 Å². The maximum atomic E-state index is 13.2. The van der Waals surface area contributed by atoms with Gasteiger partial charge in [-0.1, -0.05) is 0 Å². The molecule has 11 heteroatoms. The van der Waals surface area contributed by atoms with Gasteiger partial charge in [-0.05, 0) is 23.6 Å². The van der Waals surface area contributed by atoms with Gasteiger partial charge in [0.05, 0.1) is 15.8 Å². The summed E-state index contributed by atoms with van der Waals surface area (Å²) in [7, 11) is 0. The van der Waals surface area contributed by atoms with E-state index in [-0.39, 0.29) is 11.5 Å². The van der Waals surface area contributed by atoms with Crippen molar-refractivity contribution in [2.24, 2.45) is 0 Å². The van der Waals surface area contributed by atoms with E-state index in [2.05, 4.69) is 20.3 Å². The molecule has 3 aromatic rings. The summed E-state index contributed by atoms with van der Waals surface area (Å²) >= 11 is 1.13. The smallest absolute Gasteiger partial charge is 0.276 e. The molecule has 2 N–H and O–H groups in total. The molecular weight excluding hydrogens is 359 g/mol. The maximum Gasteiger partial charge on any atom is 0.434 e.